The molecule has 47 heavy (non-hydrogen) atoms. The maximum Gasteiger partial charge on any atom is 0.309 e. The van der Waals surface area contributed by atoms with E-state index in [2.05, 4.69) is 23.3 Å². The van der Waals surface area contributed by atoms with Gasteiger partial charge in [-0.2, -0.15) is 0 Å². The first-order valence-electron chi connectivity index (χ1n) is 17.4. The molecule has 9 nitrogen and oxygen atoms in total. The van der Waals surface area contributed by atoms with Crippen molar-refractivity contribution in [1.82, 2.24) is 10.3 Å². The minimum atomic E-state index is -0.495. The lowest BCUT2D eigenvalue weighted by Gasteiger charge is -2.23. The van der Waals surface area contributed by atoms with Crippen LogP contribution in [-0.2, 0) is 25.5 Å². The van der Waals surface area contributed by atoms with Crippen LogP contribution < -0.4 is 5.32 Å². The Morgan fingerprint density at radius 3 is 2.17 bits per heavy atom. The molecule has 1 aromatic heterocycles. The highest BCUT2D eigenvalue weighted by Gasteiger charge is 2.23. The van der Waals surface area contributed by atoms with E-state index in [1.807, 2.05) is 26.8 Å². The van der Waals surface area contributed by atoms with Crippen molar-refractivity contribution in [2.24, 2.45) is 5.92 Å². The Kier molecular flexibility index (Phi) is 21.8. The number of ether oxygens (including phenoxy) is 1. The molecule has 9 heteroatoms. The highest BCUT2D eigenvalue weighted by atomic mass is 16.6. The van der Waals surface area contributed by atoms with E-state index in [1.54, 1.807) is 37.4 Å². The zero-order valence-electron chi connectivity index (χ0n) is 29.5. The highest BCUT2D eigenvalue weighted by Crippen LogP contribution is 2.20. The maximum atomic E-state index is 12.2. The number of hydrogen-bond acceptors (Lipinski definition) is 8. The van der Waals surface area contributed by atoms with Crippen LogP contribution in [0.2, 0.25) is 0 Å². The van der Waals surface area contributed by atoms with E-state index < -0.39 is 5.60 Å². The quantitative estimate of drug-likeness (QED) is 0.0470. The van der Waals surface area contributed by atoms with Crippen LogP contribution in [0.1, 0.15) is 141 Å². The first kappa shape index (κ1) is 41.6. The molecule has 0 spiro atoms. The number of allylic oxidation sites excluding steroid dienone is 2. The van der Waals surface area contributed by atoms with Gasteiger partial charge < -0.3 is 24.7 Å². The second-order valence-electron chi connectivity index (χ2n) is 13.1. The number of aromatic nitrogens is 1. The predicted molar refractivity (Wildman–Crippen MR) is 186 cm³/mol. The Morgan fingerprint density at radius 2 is 1.62 bits per heavy atom. The molecule has 2 aromatic rings. The summed E-state index contributed by atoms with van der Waals surface area (Å²) in [5.74, 6) is 1.32. The van der Waals surface area contributed by atoms with Crippen LogP contribution in [0.5, 0.6) is 5.75 Å². The molecule has 1 aromatic carbocycles. The van der Waals surface area contributed by atoms with E-state index in [-0.39, 0.29) is 30.3 Å². The average molecular weight is 657 g/mol. The van der Waals surface area contributed by atoms with Crippen molar-refractivity contribution in [3.63, 3.8) is 0 Å². The fraction of sp³-hybridized carbons (Fsp3) is 0.632. The average Bonchev–Trinajstić information content (AvgIpc) is 3.46. The third-order valence-corrected chi connectivity index (χ3v) is 7.52. The van der Waals surface area contributed by atoms with Gasteiger partial charge in [-0.3, -0.25) is 14.4 Å². The van der Waals surface area contributed by atoms with Crippen molar-refractivity contribution in [1.29, 1.82) is 0 Å². The maximum absolute atomic E-state index is 12.2. The van der Waals surface area contributed by atoms with Gasteiger partial charge in [0.15, 0.2) is 0 Å². The molecule has 3 N–H and O–H groups in total. The lowest BCUT2D eigenvalue weighted by molar-refractivity contribution is -0.160. The number of Topliss-reactive ketones (excluding diaryl/α,β-unsaturated/α-hetero) is 1. The molecule has 1 heterocycles. The number of hydrogen-bond donors (Lipinski definition) is 3. The predicted octanol–water partition coefficient (Wildman–Crippen LogP) is 8.26. The van der Waals surface area contributed by atoms with Gasteiger partial charge in [0, 0.05) is 25.9 Å². The molecule has 2 atom stereocenters. The number of benzene rings is 1. The van der Waals surface area contributed by atoms with E-state index in [0.717, 1.165) is 56.9 Å². The summed E-state index contributed by atoms with van der Waals surface area (Å²) >= 11 is 0. The number of amides is 1. The van der Waals surface area contributed by atoms with Gasteiger partial charge in [-0.15, -0.1) is 0 Å². The SMILES string of the molecule is CCCCCCCC(=O)CCCCCC/C=C/C[C@@H](CCO)C(=O)OC(C)(C)C.Cc1cnc([C@H](Cc2ccc(O)cc2)NC=O)o1. The Balaban J connectivity index is 0.000000520. The number of aliphatic hydroxyl groups excluding tert-OH is 1. The highest BCUT2D eigenvalue weighted by molar-refractivity contribution is 5.78. The summed E-state index contributed by atoms with van der Waals surface area (Å²) < 4.78 is 10.8. The van der Waals surface area contributed by atoms with Crippen molar-refractivity contribution in [2.45, 2.75) is 143 Å². The smallest absolute Gasteiger partial charge is 0.309 e. The zero-order valence-corrected chi connectivity index (χ0v) is 29.5. The summed E-state index contributed by atoms with van der Waals surface area (Å²) in [6.07, 6.45) is 20.9. The normalized spacial score (nSPS) is 12.6. The van der Waals surface area contributed by atoms with Crippen LogP contribution >= 0.6 is 0 Å². The number of aryl methyl sites for hydroxylation is 1. The van der Waals surface area contributed by atoms with Gasteiger partial charge in [0.05, 0.1) is 12.1 Å². The van der Waals surface area contributed by atoms with Crippen LogP contribution in [0.3, 0.4) is 0 Å². The molecule has 0 bridgehead atoms. The van der Waals surface area contributed by atoms with Gasteiger partial charge in [0.2, 0.25) is 12.3 Å². The van der Waals surface area contributed by atoms with Crippen LogP contribution in [0.25, 0.3) is 0 Å². The van der Waals surface area contributed by atoms with Gasteiger partial charge in [-0.1, -0.05) is 69.7 Å². The summed E-state index contributed by atoms with van der Waals surface area (Å²) in [6.45, 7) is 9.58. The topological polar surface area (TPSA) is 139 Å². The number of unbranched alkanes of at least 4 members (excludes halogenated alkanes) is 8. The van der Waals surface area contributed by atoms with Gasteiger partial charge in [-0.25, -0.2) is 4.98 Å². The lowest BCUT2D eigenvalue weighted by atomic mass is 10.0. The van der Waals surface area contributed by atoms with E-state index in [9.17, 15) is 24.6 Å². The van der Waals surface area contributed by atoms with Crippen LogP contribution in [0, 0.1) is 12.8 Å². The Bertz CT molecular complexity index is 1150. The van der Waals surface area contributed by atoms with E-state index in [4.69, 9.17) is 9.15 Å². The summed E-state index contributed by atoms with van der Waals surface area (Å²) in [5.41, 5.74) is 0.480. The molecule has 0 saturated heterocycles. The van der Waals surface area contributed by atoms with Crippen LogP contribution in [0.4, 0.5) is 0 Å². The summed E-state index contributed by atoms with van der Waals surface area (Å²) in [5, 5.41) is 21.1. The second-order valence-corrected chi connectivity index (χ2v) is 13.1. The summed E-state index contributed by atoms with van der Waals surface area (Å²) in [7, 11) is 0. The van der Waals surface area contributed by atoms with Gasteiger partial charge >= 0.3 is 5.97 Å². The molecule has 0 saturated carbocycles. The Hall–Kier alpha value is -3.46. The number of nitrogens with one attached hydrogen (secondary N) is 1. The van der Waals surface area contributed by atoms with Crippen LogP contribution in [0.15, 0.2) is 47.0 Å². The molecule has 0 aliphatic rings. The third-order valence-electron chi connectivity index (χ3n) is 7.52. The fourth-order valence-corrected chi connectivity index (χ4v) is 4.94. The van der Waals surface area contributed by atoms with E-state index >= 15 is 0 Å². The molecule has 2 rings (SSSR count). The number of oxazole rings is 1. The number of carbonyl (C=O) groups is 3. The molecular weight excluding hydrogens is 596 g/mol. The van der Waals surface area contributed by atoms with Crippen molar-refractivity contribution in [3.8, 4) is 5.75 Å². The first-order chi connectivity index (χ1) is 22.5. The molecule has 0 aliphatic heterocycles. The van der Waals surface area contributed by atoms with E-state index in [1.165, 1.54) is 25.7 Å². The molecular formula is C38H60N2O7. The van der Waals surface area contributed by atoms with Crippen molar-refractivity contribution in [2.75, 3.05) is 6.61 Å². The van der Waals surface area contributed by atoms with E-state index in [0.29, 0.717) is 43.1 Å². The zero-order chi connectivity index (χ0) is 34.9. The van der Waals surface area contributed by atoms with Gasteiger partial charge in [0.25, 0.3) is 0 Å². The molecule has 0 fully saturated rings. The number of aromatic hydroxyl groups is 1. The van der Waals surface area contributed by atoms with Gasteiger partial charge in [0.1, 0.15) is 28.9 Å². The number of ketones is 1. The minimum Gasteiger partial charge on any atom is -0.508 e. The number of esters is 1. The summed E-state index contributed by atoms with van der Waals surface area (Å²) in [4.78, 5) is 38.7. The number of nitrogens with zero attached hydrogens (tertiary/aromatic N) is 1. The number of aliphatic hydroxyl groups is 1. The number of carbonyl (C=O) groups excluding carboxylic acids is 3. The standard InChI is InChI=1S/C25H46O4.C13H14N2O3/c1-5-6-7-11-15-18-23(27)19-16-13-10-8-9-12-14-17-22(20-21-26)24(28)29-25(2,3)4;1-9-7-14-13(18-9)12(15-8-16)6-10-2-4-11(17)5-3-10/h12,14,22,26H,5-11,13,15-21H2,1-4H3;2-5,7-8,12,17H,6H2,1H3,(H,15,16)/b14-12+;/t22-;12-/m00/s1. The Morgan fingerprint density at radius 1 is 0.979 bits per heavy atom. The van der Waals surface area contributed by atoms with Crippen molar-refractivity contribution in [3.05, 3.63) is 59.8 Å². The monoisotopic (exact) mass is 656 g/mol. The molecule has 0 radical (unpaired) electrons. The van der Waals surface area contributed by atoms with Crippen molar-refractivity contribution < 1.29 is 33.8 Å². The first-order valence-corrected chi connectivity index (χ1v) is 17.4. The Labute approximate surface area is 282 Å². The number of phenolic OH excluding ortho intramolecular Hbond substituents is 1. The molecule has 0 aliphatic carbocycles. The van der Waals surface area contributed by atoms with Gasteiger partial charge in [-0.05, 0) is 83.9 Å². The lowest BCUT2D eigenvalue weighted by Crippen LogP contribution is -2.29. The molecule has 0 unspecified atom stereocenters. The number of phenols is 1. The third kappa shape index (κ3) is 21.1. The van der Waals surface area contributed by atoms with Crippen LogP contribution in [-0.4, -0.2) is 45.6 Å². The summed E-state index contributed by atoms with van der Waals surface area (Å²) in [6, 6.07) is 6.50. The minimum absolute atomic E-state index is 0.00475. The molecule has 1 amide bonds. The van der Waals surface area contributed by atoms with Crippen molar-refractivity contribution >= 4 is 18.2 Å². The molecule has 264 valence electrons. The fourth-order valence-electron chi connectivity index (χ4n) is 4.94. The largest absolute Gasteiger partial charge is 0.508 e. The number of rotatable bonds is 23. The second kappa shape index (κ2) is 24.7.